The molecule has 1 aliphatic rings. The van der Waals surface area contributed by atoms with Gasteiger partial charge in [0.2, 0.25) is 0 Å². The quantitative estimate of drug-likeness (QED) is 0.441. The molecule has 0 saturated heterocycles. The van der Waals surface area contributed by atoms with Crippen molar-refractivity contribution < 1.29 is 23.8 Å². The highest BCUT2D eigenvalue weighted by Crippen LogP contribution is 2.46. The van der Waals surface area contributed by atoms with Crippen LogP contribution in [0, 0.1) is 0 Å². The van der Waals surface area contributed by atoms with Crippen molar-refractivity contribution in [1.82, 2.24) is 4.90 Å². The Bertz CT molecular complexity index is 937. The fourth-order valence-corrected chi connectivity index (χ4v) is 4.26. The number of carbonyl (C=O) groups is 2. The standard InChI is InChI=1S/C23H27ClN2O5/c1-5-31-23(28)25(14-16-9-7-6-8-10-16)18-11-15(2)26(22(24)27)19-13-21(30-4)20(29-3)12-17(18)19/h6-10,12-13,15,18H,5,11,14H2,1-4H3. The normalized spacial score (nSPS) is 17.5. The second-order valence-corrected chi connectivity index (χ2v) is 7.63. The molecular weight excluding hydrogens is 420 g/mol. The Balaban J connectivity index is 2.14. The van der Waals surface area contributed by atoms with E-state index < -0.39 is 11.5 Å². The highest BCUT2D eigenvalue weighted by atomic mass is 35.5. The van der Waals surface area contributed by atoms with Gasteiger partial charge in [0, 0.05) is 24.2 Å². The maximum atomic E-state index is 13.0. The van der Waals surface area contributed by atoms with Gasteiger partial charge in [-0.25, -0.2) is 4.79 Å². The van der Waals surface area contributed by atoms with E-state index in [1.165, 1.54) is 12.0 Å². The predicted molar refractivity (Wildman–Crippen MR) is 119 cm³/mol. The number of carbonyl (C=O) groups excluding carboxylic acids is 2. The van der Waals surface area contributed by atoms with E-state index >= 15 is 0 Å². The summed E-state index contributed by atoms with van der Waals surface area (Å²) in [5.41, 5.74) is 2.30. The first-order valence-electron chi connectivity index (χ1n) is 10.1. The maximum absolute atomic E-state index is 13.0. The monoisotopic (exact) mass is 446 g/mol. The van der Waals surface area contributed by atoms with Crippen molar-refractivity contribution in [3.63, 3.8) is 0 Å². The molecule has 2 amide bonds. The molecule has 1 heterocycles. The minimum Gasteiger partial charge on any atom is -0.493 e. The third kappa shape index (κ3) is 4.71. The van der Waals surface area contributed by atoms with Gasteiger partial charge < -0.3 is 14.2 Å². The van der Waals surface area contributed by atoms with E-state index in [0.29, 0.717) is 30.2 Å². The van der Waals surface area contributed by atoms with Crippen LogP contribution in [0.4, 0.5) is 15.3 Å². The van der Waals surface area contributed by atoms with Gasteiger partial charge in [0.15, 0.2) is 11.5 Å². The lowest BCUT2D eigenvalue weighted by Gasteiger charge is -2.42. The van der Waals surface area contributed by atoms with Crippen molar-refractivity contribution >= 4 is 28.7 Å². The van der Waals surface area contributed by atoms with Gasteiger partial charge in [-0.3, -0.25) is 14.6 Å². The van der Waals surface area contributed by atoms with Crippen molar-refractivity contribution in [3.8, 4) is 11.5 Å². The largest absolute Gasteiger partial charge is 0.493 e. The molecule has 1 aliphatic heterocycles. The van der Waals surface area contributed by atoms with E-state index in [1.54, 1.807) is 31.1 Å². The lowest BCUT2D eigenvalue weighted by Crippen LogP contribution is -2.46. The topological polar surface area (TPSA) is 68.3 Å². The first-order chi connectivity index (χ1) is 14.9. The molecule has 0 radical (unpaired) electrons. The minimum absolute atomic E-state index is 0.242. The van der Waals surface area contributed by atoms with Crippen LogP contribution in [0.3, 0.4) is 0 Å². The summed E-state index contributed by atoms with van der Waals surface area (Å²) in [6.45, 7) is 4.30. The third-order valence-electron chi connectivity index (χ3n) is 5.42. The Morgan fingerprint density at radius 2 is 1.77 bits per heavy atom. The predicted octanol–water partition coefficient (Wildman–Crippen LogP) is 5.36. The number of amides is 2. The van der Waals surface area contributed by atoms with Gasteiger partial charge in [0.25, 0.3) is 0 Å². The van der Waals surface area contributed by atoms with Crippen LogP contribution in [-0.4, -0.2) is 43.2 Å². The lowest BCUT2D eigenvalue weighted by molar-refractivity contribution is 0.0817. The molecule has 0 spiro atoms. The van der Waals surface area contributed by atoms with Crippen molar-refractivity contribution in [1.29, 1.82) is 0 Å². The molecule has 2 atom stereocenters. The summed E-state index contributed by atoms with van der Waals surface area (Å²) in [6.07, 6.45) is 0.0713. The highest BCUT2D eigenvalue weighted by Gasteiger charge is 2.39. The molecule has 0 saturated carbocycles. The van der Waals surface area contributed by atoms with E-state index in [9.17, 15) is 9.59 Å². The Labute approximate surface area is 187 Å². The molecule has 0 aromatic heterocycles. The van der Waals surface area contributed by atoms with Crippen molar-refractivity contribution in [2.24, 2.45) is 0 Å². The average Bonchev–Trinajstić information content (AvgIpc) is 2.76. The van der Waals surface area contributed by atoms with Crippen LogP contribution in [0.1, 0.15) is 37.4 Å². The minimum atomic E-state index is -0.592. The number of hydrogen-bond donors (Lipinski definition) is 0. The van der Waals surface area contributed by atoms with E-state index in [4.69, 9.17) is 25.8 Å². The molecule has 0 aliphatic carbocycles. The zero-order valence-electron chi connectivity index (χ0n) is 18.1. The van der Waals surface area contributed by atoms with Crippen LogP contribution in [0.5, 0.6) is 11.5 Å². The van der Waals surface area contributed by atoms with Crippen molar-refractivity contribution in [2.75, 3.05) is 25.7 Å². The van der Waals surface area contributed by atoms with Crippen LogP contribution in [0.15, 0.2) is 42.5 Å². The third-order valence-corrected chi connectivity index (χ3v) is 5.60. The fourth-order valence-electron chi connectivity index (χ4n) is 4.00. The van der Waals surface area contributed by atoms with Gasteiger partial charge in [-0.1, -0.05) is 30.3 Å². The summed E-state index contributed by atoms with van der Waals surface area (Å²) in [5, 5.41) is -0.592. The summed E-state index contributed by atoms with van der Waals surface area (Å²) >= 11 is 5.93. The highest BCUT2D eigenvalue weighted by molar-refractivity contribution is 6.66. The second-order valence-electron chi connectivity index (χ2n) is 7.30. The Morgan fingerprint density at radius 3 is 2.35 bits per heavy atom. The number of anilines is 1. The number of benzene rings is 2. The molecule has 7 nitrogen and oxygen atoms in total. The summed E-state index contributed by atoms with van der Waals surface area (Å²) in [7, 11) is 3.07. The van der Waals surface area contributed by atoms with E-state index in [1.807, 2.05) is 37.3 Å². The molecule has 0 N–H and O–H groups in total. The second kappa shape index (κ2) is 9.92. The number of methoxy groups -OCH3 is 2. The number of nitrogens with zero attached hydrogens (tertiary/aromatic N) is 2. The molecule has 8 heteroatoms. The summed E-state index contributed by atoms with van der Waals surface area (Å²) in [4.78, 5) is 28.4. The van der Waals surface area contributed by atoms with E-state index in [2.05, 4.69) is 0 Å². The van der Waals surface area contributed by atoms with Crippen LogP contribution in [0.2, 0.25) is 0 Å². The SMILES string of the molecule is CCOC(=O)N(Cc1ccccc1)C1CC(C)N(C(=O)Cl)c2cc(OC)c(OC)cc21. The van der Waals surface area contributed by atoms with Crippen LogP contribution in [-0.2, 0) is 11.3 Å². The van der Waals surface area contributed by atoms with Crippen molar-refractivity contribution in [3.05, 3.63) is 53.6 Å². The summed E-state index contributed by atoms with van der Waals surface area (Å²) in [5.74, 6) is 0.981. The maximum Gasteiger partial charge on any atom is 0.410 e. The first-order valence-corrected chi connectivity index (χ1v) is 10.5. The molecule has 31 heavy (non-hydrogen) atoms. The molecule has 0 fully saturated rings. The van der Waals surface area contributed by atoms with Gasteiger partial charge in [-0.2, -0.15) is 0 Å². The smallest absolute Gasteiger partial charge is 0.410 e. The molecule has 2 aromatic rings. The summed E-state index contributed by atoms with van der Waals surface area (Å²) in [6, 6.07) is 12.6. The molecule has 2 aromatic carbocycles. The molecular formula is C23H27ClN2O5. The van der Waals surface area contributed by atoms with Crippen molar-refractivity contribution in [2.45, 2.75) is 38.9 Å². The molecule has 166 valence electrons. The number of hydrogen-bond acceptors (Lipinski definition) is 5. The summed E-state index contributed by atoms with van der Waals surface area (Å²) < 4.78 is 16.3. The number of fused-ring (bicyclic) bond motifs is 1. The van der Waals surface area contributed by atoms with E-state index in [0.717, 1.165) is 11.1 Å². The van der Waals surface area contributed by atoms with Gasteiger partial charge in [0.05, 0.1) is 32.6 Å². The van der Waals surface area contributed by atoms with Gasteiger partial charge in [-0.05, 0) is 43.5 Å². The number of rotatable bonds is 6. The first kappa shape index (κ1) is 22.7. The molecule has 3 rings (SSSR count). The number of ether oxygens (including phenoxy) is 3. The zero-order chi connectivity index (χ0) is 22.5. The fraction of sp³-hybridized carbons (Fsp3) is 0.391. The van der Waals surface area contributed by atoms with Crippen LogP contribution < -0.4 is 14.4 Å². The molecule has 2 unspecified atom stereocenters. The Hall–Kier alpha value is -2.93. The van der Waals surface area contributed by atoms with Gasteiger partial charge in [-0.15, -0.1) is 0 Å². The van der Waals surface area contributed by atoms with Gasteiger partial charge in [0.1, 0.15) is 0 Å². The van der Waals surface area contributed by atoms with Gasteiger partial charge >= 0.3 is 11.5 Å². The van der Waals surface area contributed by atoms with Crippen LogP contribution in [0.25, 0.3) is 0 Å². The Morgan fingerprint density at radius 1 is 1.13 bits per heavy atom. The lowest BCUT2D eigenvalue weighted by atomic mass is 9.90. The average molecular weight is 447 g/mol. The van der Waals surface area contributed by atoms with Crippen LogP contribution >= 0.6 is 11.6 Å². The molecule has 0 bridgehead atoms. The van der Waals surface area contributed by atoms with E-state index in [-0.39, 0.29) is 18.7 Å². The zero-order valence-corrected chi connectivity index (χ0v) is 18.9. The Kier molecular flexibility index (Phi) is 7.28. The number of halogens is 1.